The van der Waals surface area contributed by atoms with Crippen molar-refractivity contribution in [2.24, 2.45) is 7.05 Å². The van der Waals surface area contributed by atoms with E-state index in [1.165, 1.54) is 4.57 Å². The van der Waals surface area contributed by atoms with Gasteiger partial charge in [-0.1, -0.05) is 6.07 Å². The van der Waals surface area contributed by atoms with Crippen LogP contribution in [0, 0.1) is 19.2 Å². The van der Waals surface area contributed by atoms with Crippen molar-refractivity contribution in [2.75, 3.05) is 0 Å². The van der Waals surface area contributed by atoms with Crippen LogP contribution in [0.1, 0.15) is 11.1 Å². The molecule has 0 unspecified atom stereocenters. The number of fused-ring (bicyclic) bond motifs is 1. The second-order valence-corrected chi connectivity index (χ2v) is 3.79. The molecule has 0 saturated carbocycles. The average molecular weight is 201 g/mol. The highest BCUT2D eigenvalue weighted by Gasteiger charge is 2.20. The fraction of sp³-hybridized carbons (Fsp3) is 0.273. The van der Waals surface area contributed by atoms with E-state index in [0.29, 0.717) is 0 Å². The van der Waals surface area contributed by atoms with Crippen LogP contribution in [-0.4, -0.2) is 4.57 Å². The Kier molecular flexibility index (Phi) is 1.90. The standard InChI is InChI=1S/C11H11N3O/c1-6-4-7(2)9-8(5-6)14(3)11(15)10(9)13-12/h4-5H,1-3H3. The Bertz CT molecular complexity index is 590. The molecule has 4 nitrogen and oxygen atoms in total. The van der Waals surface area contributed by atoms with Crippen LogP contribution in [0.4, 0.5) is 5.69 Å². The Balaban J connectivity index is 3.05. The lowest BCUT2D eigenvalue weighted by atomic mass is 10.1. The molecule has 0 aliphatic carbocycles. The highest BCUT2D eigenvalue weighted by Crippen LogP contribution is 2.38. The Morgan fingerprint density at radius 1 is 1.33 bits per heavy atom. The minimum Gasteiger partial charge on any atom is -0.854 e. The summed E-state index contributed by atoms with van der Waals surface area (Å²) >= 11 is 0. The predicted molar refractivity (Wildman–Crippen MR) is 56.6 cm³/mol. The molecule has 0 spiro atoms. The molecular weight excluding hydrogens is 190 g/mol. The van der Waals surface area contributed by atoms with Gasteiger partial charge in [0, 0.05) is 7.05 Å². The largest absolute Gasteiger partial charge is 0.854 e. The van der Waals surface area contributed by atoms with Crippen LogP contribution in [0.5, 0.6) is 5.88 Å². The molecule has 15 heavy (non-hydrogen) atoms. The molecule has 4 heteroatoms. The quantitative estimate of drug-likeness (QED) is 0.614. The number of diazo groups is 1. The maximum atomic E-state index is 11.7. The van der Waals surface area contributed by atoms with Gasteiger partial charge in [0.15, 0.2) is 4.98 Å². The first-order valence-electron chi connectivity index (χ1n) is 4.68. The molecule has 0 aliphatic heterocycles. The number of hydrogen-bond acceptors (Lipinski definition) is 2. The number of rotatable bonds is 0. The summed E-state index contributed by atoms with van der Waals surface area (Å²) in [7, 11) is 1.68. The van der Waals surface area contributed by atoms with Crippen LogP contribution >= 0.6 is 0 Å². The van der Waals surface area contributed by atoms with Gasteiger partial charge in [-0.05, 0) is 31.0 Å². The van der Waals surface area contributed by atoms with Crippen LogP contribution in [0.3, 0.4) is 0 Å². The zero-order valence-electron chi connectivity index (χ0n) is 8.90. The van der Waals surface area contributed by atoms with Gasteiger partial charge in [-0.25, -0.2) is 0 Å². The van der Waals surface area contributed by atoms with Gasteiger partial charge in [-0.15, -0.1) is 0 Å². The Labute approximate surface area is 87.4 Å². The number of hydrogen-bond donors (Lipinski definition) is 0. The number of nitrogens with zero attached hydrogens (tertiary/aromatic N) is 3. The summed E-state index contributed by atoms with van der Waals surface area (Å²) in [5, 5.41) is 21.3. The Morgan fingerprint density at radius 3 is 2.60 bits per heavy atom. The number of benzene rings is 1. The molecule has 2 rings (SSSR count). The van der Waals surface area contributed by atoms with E-state index < -0.39 is 0 Å². The Morgan fingerprint density at radius 2 is 2.00 bits per heavy atom. The van der Waals surface area contributed by atoms with E-state index in [0.717, 1.165) is 22.0 Å². The maximum absolute atomic E-state index is 11.7. The fourth-order valence-corrected chi connectivity index (χ4v) is 1.99. The van der Waals surface area contributed by atoms with E-state index in [4.69, 9.17) is 5.39 Å². The van der Waals surface area contributed by atoms with Crippen molar-refractivity contribution < 1.29 is 5.11 Å². The van der Waals surface area contributed by atoms with Crippen molar-refractivity contribution in [3.63, 3.8) is 0 Å². The van der Waals surface area contributed by atoms with Gasteiger partial charge in [0.1, 0.15) is 0 Å². The van der Waals surface area contributed by atoms with Crippen molar-refractivity contribution in [2.45, 2.75) is 13.8 Å². The van der Waals surface area contributed by atoms with Gasteiger partial charge in [-0.2, -0.15) is 0 Å². The highest BCUT2D eigenvalue weighted by atomic mass is 16.3. The first kappa shape index (κ1) is 9.53. The Hall–Kier alpha value is -2.02. The molecule has 76 valence electrons. The molecule has 0 N–H and O–H groups in total. The van der Waals surface area contributed by atoms with Crippen LogP contribution in [-0.2, 0) is 7.05 Å². The van der Waals surface area contributed by atoms with E-state index in [1.54, 1.807) is 7.05 Å². The van der Waals surface area contributed by atoms with Crippen LogP contribution in [0.25, 0.3) is 15.9 Å². The second kappa shape index (κ2) is 2.99. The van der Waals surface area contributed by atoms with Crippen LogP contribution < -0.4 is 5.11 Å². The molecule has 2 aromatic rings. The van der Waals surface area contributed by atoms with Crippen molar-refractivity contribution in [3.05, 3.63) is 28.2 Å². The molecule has 1 heterocycles. The predicted octanol–water partition coefficient (Wildman–Crippen LogP) is 2.35. The van der Waals surface area contributed by atoms with Crippen LogP contribution in [0.2, 0.25) is 0 Å². The third-order valence-corrected chi connectivity index (χ3v) is 2.66. The number of aryl methyl sites for hydroxylation is 3. The van der Waals surface area contributed by atoms with Gasteiger partial charge in [0.2, 0.25) is 5.39 Å². The van der Waals surface area contributed by atoms with Crippen molar-refractivity contribution in [3.8, 4) is 5.88 Å². The summed E-state index contributed by atoms with van der Waals surface area (Å²) in [6, 6.07) is 3.88. The molecular formula is C11H11N3O. The lowest BCUT2D eigenvalue weighted by Crippen LogP contribution is -1.97. The molecule has 0 bridgehead atoms. The van der Waals surface area contributed by atoms with Gasteiger partial charge in [-0.3, -0.25) is 0 Å². The summed E-state index contributed by atoms with van der Waals surface area (Å²) in [6.45, 7) is 3.88. The molecule has 1 aromatic heterocycles. The van der Waals surface area contributed by atoms with Gasteiger partial charge >= 0.3 is 5.69 Å². The summed E-state index contributed by atoms with van der Waals surface area (Å²) < 4.78 is 1.50. The topological polar surface area (TPSA) is 56.1 Å². The van der Waals surface area contributed by atoms with E-state index in [1.807, 2.05) is 26.0 Å². The minimum atomic E-state index is -0.263. The average Bonchev–Trinajstić information content (AvgIpc) is 2.42. The monoisotopic (exact) mass is 201 g/mol. The molecule has 0 amide bonds. The van der Waals surface area contributed by atoms with E-state index in [-0.39, 0.29) is 11.6 Å². The van der Waals surface area contributed by atoms with Crippen LogP contribution in [0.15, 0.2) is 12.1 Å². The molecule has 0 fully saturated rings. The SMILES string of the molecule is Cc1cc(C)c2c([N+]#N)c([O-])n(C)c2c1. The summed E-state index contributed by atoms with van der Waals surface area (Å²) in [5.74, 6) is -0.263. The van der Waals surface area contributed by atoms with E-state index in [9.17, 15) is 5.11 Å². The summed E-state index contributed by atoms with van der Waals surface area (Å²) in [6.07, 6.45) is 0. The van der Waals surface area contributed by atoms with Crippen molar-refractivity contribution in [1.29, 1.82) is 5.39 Å². The lowest BCUT2D eigenvalue weighted by molar-refractivity contribution is -0.276. The minimum absolute atomic E-state index is 0.130. The van der Waals surface area contributed by atoms with Gasteiger partial charge in [0.25, 0.3) is 0 Å². The fourth-order valence-electron chi connectivity index (χ4n) is 1.99. The van der Waals surface area contributed by atoms with Crippen molar-refractivity contribution >= 4 is 16.6 Å². The number of aromatic nitrogens is 1. The second-order valence-electron chi connectivity index (χ2n) is 3.79. The zero-order valence-corrected chi connectivity index (χ0v) is 8.90. The summed E-state index contributed by atoms with van der Waals surface area (Å²) in [5.41, 5.74) is 2.98. The maximum Gasteiger partial charge on any atom is 0.403 e. The third-order valence-electron chi connectivity index (χ3n) is 2.66. The smallest absolute Gasteiger partial charge is 0.403 e. The molecule has 0 saturated heterocycles. The van der Waals surface area contributed by atoms with Gasteiger partial charge < -0.3 is 9.67 Å². The van der Waals surface area contributed by atoms with Gasteiger partial charge in [0.05, 0.1) is 16.8 Å². The highest BCUT2D eigenvalue weighted by molar-refractivity contribution is 5.99. The molecule has 1 aromatic carbocycles. The first-order chi connectivity index (χ1) is 7.06. The first-order valence-corrected chi connectivity index (χ1v) is 4.68. The summed E-state index contributed by atoms with van der Waals surface area (Å²) in [4.78, 5) is 3.08. The zero-order chi connectivity index (χ0) is 11.2. The molecule has 0 atom stereocenters. The van der Waals surface area contributed by atoms with Crippen molar-refractivity contribution in [1.82, 2.24) is 4.57 Å². The van der Waals surface area contributed by atoms with E-state index in [2.05, 4.69) is 4.98 Å². The third kappa shape index (κ3) is 1.17. The molecule has 0 radical (unpaired) electrons. The lowest BCUT2D eigenvalue weighted by Gasteiger charge is -2.04. The van der Waals surface area contributed by atoms with E-state index >= 15 is 0 Å². The normalized spacial score (nSPS) is 10.5. The molecule has 0 aliphatic rings.